The standard InChI is InChI=1S/C10H22N2O3/c1-4-10(5-2,7-13)12-9(14)8(6-11)15-3/h8,13H,4-7,11H2,1-3H3,(H,12,14). The average molecular weight is 218 g/mol. The number of aliphatic hydroxyl groups excluding tert-OH is 1. The van der Waals surface area contributed by atoms with Gasteiger partial charge in [-0.05, 0) is 12.8 Å². The van der Waals surface area contributed by atoms with Gasteiger partial charge in [-0.2, -0.15) is 0 Å². The molecule has 0 radical (unpaired) electrons. The van der Waals surface area contributed by atoms with Gasteiger partial charge >= 0.3 is 0 Å². The van der Waals surface area contributed by atoms with Gasteiger partial charge in [0, 0.05) is 13.7 Å². The molecule has 5 nitrogen and oxygen atoms in total. The maximum absolute atomic E-state index is 11.7. The smallest absolute Gasteiger partial charge is 0.250 e. The van der Waals surface area contributed by atoms with Crippen LogP contribution >= 0.6 is 0 Å². The topological polar surface area (TPSA) is 84.6 Å². The lowest BCUT2D eigenvalue weighted by atomic mass is 9.93. The second kappa shape index (κ2) is 6.76. The molecule has 15 heavy (non-hydrogen) atoms. The molecule has 0 spiro atoms. The van der Waals surface area contributed by atoms with Crippen molar-refractivity contribution in [2.75, 3.05) is 20.3 Å². The maximum Gasteiger partial charge on any atom is 0.250 e. The number of carbonyl (C=O) groups excluding carboxylic acids is 1. The molecular weight excluding hydrogens is 196 g/mol. The highest BCUT2D eigenvalue weighted by molar-refractivity contribution is 5.81. The number of carbonyl (C=O) groups is 1. The van der Waals surface area contributed by atoms with Crippen molar-refractivity contribution in [3.63, 3.8) is 0 Å². The van der Waals surface area contributed by atoms with Crippen LogP contribution in [0.1, 0.15) is 26.7 Å². The molecule has 5 heteroatoms. The molecule has 1 unspecified atom stereocenters. The normalized spacial score (nSPS) is 13.7. The van der Waals surface area contributed by atoms with Gasteiger partial charge in [-0.15, -0.1) is 0 Å². The third-order valence-corrected chi connectivity index (χ3v) is 2.84. The minimum absolute atomic E-state index is 0.0766. The molecule has 0 aromatic heterocycles. The zero-order valence-electron chi connectivity index (χ0n) is 9.75. The van der Waals surface area contributed by atoms with Gasteiger partial charge in [-0.1, -0.05) is 13.8 Å². The number of methoxy groups -OCH3 is 1. The van der Waals surface area contributed by atoms with Crippen molar-refractivity contribution < 1.29 is 14.6 Å². The van der Waals surface area contributed by atoms with E-state index in [1.165, 1.54) is 7.11 Å². The van der Waals surface area contributed by atoms with Gasteiger partial charge in [0.15, 0.2) is 0 Å². The first-order valence-electron chi connectivity index (χ1n) is 5.24. The Bertz CT molecular complexity index is 181. The SMILES string of the molecule is CCC(CC)(CO)NC(=O)C(CN)OC. The second-order valence-electron chi connectivity index (χ2n) is 3.59. The Morgan fingerprint density at radius 2 is 2.07 bits per heavy atom. The summed E-state index contributed by atoms with van der Waals surface area (Å²) in [6.07, 6.45) is 0.702. The summed E-state index contributed by atoms with van der Waals surface area (Å²) >= 11 is 0. The quantitative estimate of drug-likeness (QED) is 0.544. The summed E-state index contributed by atoms with van der Waals surface area (Å²) in [4.78, 5) is 11.7. The van der Waals surface area contributed by atoms with E-state index in [-0.39, 0.29) is 19.1 Å². The molecule has 0 saturated heterocycles. The second-order valence-corrected chi connectivity index (χ2v) is 3.59. The molecule has 0 rings (SSSR count). The van der Waals surface area contributed by atoms with Gasteiger partial charge < -0.3 is 20.9 Å². The van der Waals surface area contributed by atoms with Crippen molar-refractivity contribution in [1.82, 2.24) is 5.32 Å². The molecular formula is C10H22N2O3. The first-order valence-corrected chi connectivity index (χ1v) is 5.24. The highest BCUT2D eigenvalue weighted by Gasteiger charge is 2.29. The van der Waals surface area contributed by atoms with Crippen molar-refractivity contribution in [3.8, 4) is 0 Å². The van der Waals surface area contributed by atoms with Crippen molar-refractivity contribution in [2.24, 2.45) is 5.73 Å². The Labute approximate surface area is 91.0 Å². The Morgan fingerprint density at radius 3 is 2.33 bits per heavy atom. The minimum Gasteiger partial charge on any atom is -0.394 e. The Morgan fingerprint density at radius 1 is 1.53 bits per heavy atom. The lowest BCUT2D eigenvalue weighted by Crippen LogP contribution is -2.55. The van der Waals surface area contributed by atoms with Crippen LogP contribution in [0.15, 0.2) is 0 Å². The third-order valence-electron chi connectivity index (χ3n) is 2.84. The number of hydrogen-bond donors (Lipinski definition) is 3. The molecule has 0 aromatic carbocycles. The van der Waals surface area contributed by atoms with Crippen LogP contribution in [-0.4, -0.2) is 42.9 Å². The van der Waals surface area contributed by atoms with E-state index in [4.69, 9.17) is 10.5 Å². The van der Waals surface area contributed by atoms with E-state index in [9.17, 15) is 9.90 Å². The van der Waals surface area contributed by atoms with E-state index in [0.29, 0.717) is 12.8 Å². The van der Waals surface area contributed by atoms with E-state index >= 15 is 0 Å². The molecule has 90 valence electrons. The fourth-order valence-corrected chi connectivity index (χ4v) is 1.34. The molecule has 4 N–H and O–H groups in total. The molecule has 0 aliphatic rings. The molecule has 0 aliphatic carbocycles. The van der Waals surface area contributed by atoms with Crippen LogP contribution in [0.2, 0.25) is 0 Å². The summed E-state index contributed by atoms with van der Waals surface area (Å²) in [5, 5.41) is 12.1. The van der Waals surface area contributed by atoms with Crippen molar-refractivity contribution in [2.45, 2.75) is 38.3 Å². The van der Waals surface area contributed by atoms with Crippen LogP contribution in [0.3, 0.4) is 0 Å². The summed E-state index contributed by atoms with van der Waals surface area (Å²) in [5.41, 5.74) is 4.83. The predicted octanol–water partition coefficient (Wildman–Crippen LogP) is -0.373. The molecule has 0 fully saturated rings. The van der Waals surface area contributed by atoms with E-state index < -0.39 is 11.6 Å². The zero-order chi connectivity index (χ0) is 11.9. The third kappa shape index (κ3) is 3.77. The van der Waals surface area contributed by atoms with Gasteiger partial charge in [-0.25, -0.2) is 0 Å². The molecule has 0 heterocycles. The fraction of sp³-hybridized carbons (Fsp3) is 0.900. The number of nitrogens with two attached hydrogens (primary N) is 1. The highest BCUT2D eigenvalue weighted by atomic mass is 16.5. The van der Waals surface area contributed by atoms with E-state index in [1.807, 2.05) is 13.8 Å². The molecule has 0 bridgehead atoms. The van der Waals surface area contributed by atoms with Crippen LogP contribution in [-0.2, 0) is 9.53 Å². The van der Waals surface area contributed by atoms with Gasteiger partial charge in [0.1, 0.15) is 6.10 Å². The van der Waals surface area contributed by atoms with Gasteiger partial charge in [-0.3, -0.25) is 4.79 Å². The van der Waals surface area contributed by atoms with Gasteiger partial charge in [0.05, 0.1) is 12.1 Å². The molecule has 0 saturated carbocycles. The van der Waals surface area contributed by atoms with Crippen LogP contribution < -0.4 is 11.1 Å². The summed E-state index contributed by atoms with van der Waals surface area (Å²) in [6, 6.07) is 0. The van der Waals surface area contributed by atoms with Gasteiger partial charge in [0.25, 0.3) is 5.91 Å². The largest absolute Gasteiger partial charge is 0.394 e. The number of ether oxygens (including phenoxy) is 1. The molecule has 1 amide bonds. The summed E-state index contributed by atoms with van der Waals surface area (Å²) in [7, 11) is 1.44. The molecule has 0 aliphatic heterocycles. The van der Waals surface area contributed by atoms with Crippen LogP contribution in [0.4, 0.5) is 0 Å². The Balaban J connectivity index is 4.46. The average Bonchev–Trinajstić information content (AvgIpc) is 2.28. The molecule has 0 aromatic rings. The first kappa shape index (κ1) is 14.3. The van der Waals surface area contributed by atoms with Crippen molar-refractivity contribution in [3.05, 3.63) is 0 Å². The number of hydrogen-bond acceptors (Lipinski definition) is 4. The monoisotopic (exact) mass is 218 g/mol. The van der Waals surface area contributed by atoms with E-state index in [0.717, 1.165) is 0 Å². The van der Waals surface area contributed by atoms with Crippen molar-refractivity contribution >= 4 is 5.91 Å². The predicted molar refractivity (Wildman–Crippen MR) is 58.4 cm³/mol. The zero-order valence-corrected chi connectivity index (χ0v) is 9.75. The summed E-state index contributed by atoms with van der Waals surface area (Å²) in [5.74, 6) is -0.266. The van der Waals surface area contributed by atoms with Gasteiger partial charge in [0.2, 0.25) is 0 Å². The minimum atomic E-state index is -0.644. The highest BCUT2D eigenvalue weighted by Crippen LogP contribution is 2.14. The van der Waals surface area contributed by atoms with Crippen LogP contribution in [0, 0.1) is 0 Å². The Hall–Kier alpha value is -0.650. The van der Waals surface area contributed by atoms with Crippen LogP contribution in [0.5, 0.6) is 0 Å². The lowest BCUT2D eigenvalue weighted by molar-refractivity contribution is -0.133. The number of aliphatic hydroxyl groups is 1. The van der Waals surface area contributed by atoms with Crippen molar-refractivity contribution in [1.29, 1.82) is 0 Å². The maximum atomic E-state index is 11.7. The summed E-state index contributed by atoms with van der Waals surface area (Å²) in [6.45, 7) is 3.90. The number of rotatable bonds is 7. The lowest BCUT2D eigenvalue weighted by Gasteiger charge is -2.32. The number of nitrogens with one attached hydrogen (secondary N) is 1. The Kier molecular flexibility index (Phi) is 6.47. The number of amides is 1. The fourth-order valence-electron chi connectivity index (χ4n) is 1.34. The van der Waals surface area contributed by atoms with Crippen LogP contribution in [0.25, 0.3) is 0 Å². The van der Waals surface area contributed by atoms with E-state index in [1.54, 1.807) is 0 Å². The van der Waals surface area contributed by atoms with E-state index in [2.05, 4.69) is 5.32 Å². The summed E-state index contributed by atoms with van der Waals surface area (Å²) < 4.78 is 4.92. The molecule has 1 atom stereocenters. The first-order chi connectivity index (χ1) is 7.09.